The molecule has 11 nitrogen and oxygen atoms in total. The van der Waals surface area contributed by atoms with Crippen LogP contribution in [-0.2, 0) is 16.1 Å². The second-order valence-corrected chi connectivity index (χ2v) is 11.0. The fourth-order valence-corrected chi connectivity index (χ4v) is 5.10. The molecule has 1 aliphatic heterocycles. The number of halogens is 7. The number of anilines is 2. The summed E-state index contributed by atoms with van der Waals surface area (Å²) in [6.45, 7) is -1.79. The summed E-state index contributed by atoms with van der Waals surface area (Å²) in [5.41, 5.74) is 1.32. The summed E-state index contributed by atoms with van der Waals surface area (Å²) in [6, 6.07) is 9.96. The summed E-state index contributed by atoms with van der Waals surface area (Å²) in [5.74, 6) is -1.72. The molecule has 0 unspecified atom stereocenters. The first-order valence-corrected chi connectivity index (χ1v) is 14.6. The number of nitrogens with one attached hydrogen (secondary N) is 1. The van der Waals surface area contributed by atoms with Gasteiger partial charge >= 0.3 is 18.4 Å². The first-order valence-electron chi connectivity index (χ1n) is 13.6. The van der Waals surface area contributed by atoms with Gasteiger partial charge in [0.1, 0.15) is 18.8 Å². The molecule has 2 aromatic carbocycles. The van der Waals surface area contributed by atoms with E-state index >= 15 is 4.39 Å². The van der Waals surface area contributed by atoms with Crippen molar-refractivity contribution >= 4 is 40.2 Å². The lowest BCUT2D eigenvalue weighted by molar-refractivity contribution is -0.176. The molecule has 4 aromatic rings. The lowest BCUT2D eigenvalue weighted by Crippen LogP contribution is -2.31. The van der Waals surface area contributed by atoms with Crippen LogP contribution in [0, 0.1) is 12.7 Å². The molecule has 2 aromatic heterocycles. The average Bonchev–Trinajstić information content (AvgIpc) is 3.64. The number of benzene rings is 2. The number of pyridine rings is 1. The van der Waals surface area contributed by atoms with E-state index < -0.39 is 49.9 Å². The van der Waals surface area contributed by atoms with Gasteiger partial charge in [0.15, 0.2) is 17.6 Å². The number of urea groups is 1. The molecule has 3 heterocycles. The highest BCUT2D eigenvalue weighted by atomic mass is 32.2. The topological polar surface area (TPSA) is 124 Å². The summed E-state index contributed by atoms with van der Waals surface area (Å²) >= 11 is 0.914. The van der Waals surface area contributed by atoms with E-state index in [0.717, 1.165) is 22.7 Å². The van der Waals surface area contributed by atoms with E-state index in [2.05, 4.69) is 30.1 Å². The maximum atomic E-state index is 15.1. The van der Waals surface area contributed by atoms with Gasteiger partial charge in [-0.3, -0.25) is 9.69 Å². The SMILES string of the molecule is Cc1ccc(COCC(F)(F)F)c(N2C(=O)CS/C2=N\C(=O)Nc2ccc(-c3ncn(-c4ccnc(OCC(F)(F)F)c4)n3)cc2F)c1. The fraction of sp³-hybridized carbons (Fsp3) is 0.241. The minimum atomic E-state index is -4.55. The van der Waals surface area contributed by atoms with Crippen molar-refractivity contribution in [2.24, 2.45) is 4.99 Å². The van der Waals surface area contributed by atoms with Crippen LogP contribution >= 0.6 is 11.8 Å². The molecule has 0 saturated carbocycles. The fourth-order valence-electron chi connectivity index (χ4n) is 4.24. The third-order valence-corrected chi connectivity index (χ3v) is 7.22. The molecule has 0 radical (unpaired) electrons. The summed E-state index contributed by atoms with van der Waals surface area (Å²) in [5, 5.41) is 6.42. The van der Waals surface area contributed by atoms with E-state index in [4.69, 9.17) is 4.74 Å². The summed E-state index contributed by atoms with van der Waals surface area (Å²) in [6.07, 6.45) is -6.64. The van der Waals surface area contributed by atoms with Gasteiger partial charge in [-0.2, -0.15) is 31.3 Å². The number of ether oxygens (including phenoxy) is 2. The monoisotopic (exact) mass is 697 g/mol. The molecule has 0 bridgehead atoms. The Morgan fingerprint density at radius 3 is 2.52 bits per heavy atom. The molecule has 0 aliphatic carbocycles. The number of aromatic nitrogens is 4. The Balaban J connectivity index is 1.29. The van der Waals surface area contributed by atoms with Gasteiger partial charge in [0.2, 0.25) is 11.8 Å². The average molecular weight is 698 g/mol. The quantitative estimate of drug-likeness (QED) is 0.198. The zero-order valence-corrected chi connectivity index (χ0v) is 25.3. The smallest absolute Gasteiger partial charge is 0.422 e. The number of rotatable bonds is 9. The molecule has 19 heteroatoms. The third kappa shape index (κ3) is 8.85. The Kier molecular flexibility index (Phi) is 9.99. The highest BCUT2D eigenvalue weighted by Crippen LogP contribution is 2.32. The summed E-state index contributed by atoms with van der Waals surface area (Å²) in [7, 11) is 0. The number of aryl methyl sites for hydroxylation is 1. The van der Waals surface area contributed by atoms with Crippen LogP contribution in [0.25, 0.3) is 17.1 Å². The summed E-state index contributed by atoms with van der Waals surface area (Å²) in [4.78, 5) is 38.4. The van der Waals surface area contributed by atoms with E-state index in [1.54, 1.807) is 19.1 Å². The number of amides is 3. The third-order valence-electron chi connectivity index (χ3n) is 6.30. The molecular weight excluding hydrogens is 675 g/mol. The lowest BCUT2D eigenvalue weighted by atomic mass is 10.1. The van der Waals surface area contributed by atoms with Crippen molar-refractivity contribution < 1.29 is 49.8 Å². The summed E-state index contributed by atoms with van der Waals surface area (Å²) < 4.78 is 101. The van der Waals surface area contributed by atoms with Gasteiger partial charge in [0, 0.05) is 23.4 Å². The Morgan fingerprint density at radius 2 is 1.79 bits per heavy atom. The normalized spacial score (nSPS) is 14.5. The second-order valence-electron chi connectivity index (χ2n) is 10.0. The molecule has 1 saturated heterocycles. The molecule has 3 amide bonds. The second kappa shape index (κ2) is 14.0. The Bertz CT molecular complexity index is 1860. The highest BCUT2D eigenvalue weighted by molar-refractivity contribution is 8.15. The number of nitrogens with zero attached hydrogens (tertiary/aromatic N) is 6. The number of hydrogen-bond acceptors (Lipinski definition) is 8. The van der Waals surface area contributed by atoms with Crippen LogP contribution in [0.2, 0.25) is 0 Å². The zero-order valence-electron chi connectivity index (χ0n) is 24.5. The van der Waals surface area contributed by atoms with Crippen LogP contribution < -0.4 is 15.0 Å². The van der Waals surface area contributed by atoms with Gasteiger partial charge in [0.25, 0.3) is 0 Å². The number of aliphatic imine (C=N–C) groups is 1. The Morgan fingerprint density at radius 1 is 1.02 bits per heavy atom. The number of alkyl halides is 6. The molecule has 1 N–H and O–H groups in total. The van der Waals surface area contributed by atoms with Crippen LogP contribution in [-0.4, -0.2) is 68.2 Å². The largest absolute Gasteiger partial charge is 0.468 e. The first-order chi connectivity index (χ1) is 22.6. The molecule has 0 spiro atoms. The zero-order chi connectivity index (χ0) is 34.6. The van der Waals surface area contributed by atoms with Crippen LogP contribution in [0.5, 0.6) is 5.88 Å². The molecule has 1 aliphatic rings. The predicted molar refractivity (Wildman–Crippen MR) is 159 cm³/mol. The van der Waals surface area contributed by atoms with Crippen molar-refractivity contribution in [3.05, 3.63) is 78.0 Å². The molecule has 5 rings (SSSR count). The molecule has 48 heavy (non-hydrogen) atoms. The van der Waals surface area contributed by atoms with Crippen LogP contribution in [0.3, 0.4) is 0 Å². The maximum absolute atomic E-state index is 15.1. The molecule has 252 valence electrons. The number of thioether (sulfide) groups is 1. The van der Waals surface area contributed by atoms with Crippen molar-refractivity contribution in [3.63, 3.8) is 0 Å². The van der Waals surface area contributed by atoms with Gasteiger partial charge in [-0.05, 0) is 42.8 Å². The van der Waals surface area contributed by atoms with Gasteiger partial charge in [-0.25, -0.2) is 23.8 Å². The van der Waals surface area contributed by atoms with Crippen molar-refractivity contribution in [1.29, 1.82) is 0 Å². The first kappa shape index (κ1) is 34.3. The predicted octanol–water partition coefficient (Wildman–Crippen LogP) is 6.46. The van der Waals surface area contributed by atoms with E-state index in [9.17, 15) is 35.9 Å². The Hall–Kier alpha value is -5.04. The van der Waals surface area contributed by atoms with Crippen LogP contribution in [0.1, 0.15) is 11.1 Å². The lowest BCUT2D eigenvalue weighted by Gasteiger charge is -2.21. The van der Waals surface area contributed by atoms with Crippen LogP contribution in [0.4, 0.5) is 46.9 Å². The van der Waals surface area contributed by atoms with Crippen molar-refractivity contribution in [1.82, 2.24) is 19.7 Å². The van der Waals surface area contributed by atoms with Gasteiger partial charge in [-0.15, -0.1) is 5.10 Å². The van der Waals surface area contributed by atoms with E-state index in [0.29, 0.717) is 5.56 Å². The van der Waals surface area contributed by atoms with Crippen molar-refractivity contribution in [2.75, 3.05) is 29.2 Å². The minimum Gasteiger partial charge on any atom is -0.468 e. The van der Waals surface area contributed by atoms with E-state index in [-0.39, 0.29) is 50.8 Å². The maximum Gasteiger partial charge on any atom is 0.422 e. The van der Waals surface area contributed by atoms with E-state index in [1.807, 2.05) is 0 Å². The number of hydrogen-bond donors (Lipinski definition) is 1. The van der Waals surface area contributed by atoms with Crippen molar-refractivity contribution in [3.8, 4) is 23.0 Å². The standard InChI is InChI=1S/C29H22F7N7O4S/c1-16-2-3-18(11-46-13-28(31,32)33)22(8-16)43-24(44)12-48-27(43)40-26(45)39-21-5-4-17(9-20(21)30)25-38-15-42(41-25)19-6-7-37-23(10-19)47-14-29(34,35)36/h2-10,15H,11-14H2,1H3,(H,39,45)/b40-27-. The molecular formula is C29H22F7N7O4S. The van der Waals surface area contributed by atoms with Crippen molar-refractivity contribution in [2.45, 2.75) is 25.9 Å². The highest BCUT2D eigenvalue weighted by Gasteiger charge is 2.33. The van der Waals surface area contributed by atoms with E-state index in [1.165, 1.54) is 47.5 Å². The number of amidine groups is 1. The Labute approximate surface area is 270 Å². The van der Waals surface area contributed by atoms with Gasteiger partial charge in [-0.1, -0.05) is 23.9 Å². The van der Waals surface area contributed by atoms with Gasteiger partial charge < -0.3 is 14.8 Å². The van der Waals surface area contributed by atoms with Gasteiger partial charge in [0.05, 0.1) is 29.4 Å². The number of carbonyl (C=O) groups excluding carboxylic acids is 2. The molecule has 0 atom stereocenters. The molecule has 1 fully saturated rings. The van der Waals surface area contributed by atoms with Crippen LogP contribution in [0.15, 0.2) is 66.0 Å². The minimum absolute atomic E-state index is 0.0475. The number of carbonyl (C=O) groups is 2.